The Hall–Kier alpha value is -4.48. The molecule has 4 amide bonds. The first-order chi connectivity index (χ1) is 23.6. The summed E-state index contributed by atoms with van der Waals surface area (Å²) in [4.78, 5) is 62.3. The van der Waals surface area contributed by atoms with Crippen molar-refractivity contribution in [2.75, 3.05) is 6.54 Å². The molecule has 2 saturated carbocycles. The fourth-order valence-corrected chi connectivity index (χ4v) is 7.90. The minimum absolute atomic E-state index is 0.0215. The molecule has 0 radical (unpaired) electrons. The van der Waals surface area contributed by atoms with E-state index < -0.39 is 92.0 Å². The smallest absolute Gasteiger partial charge is 0.405 e. The summed E-state index contributed by atoms with van der Waals surface area (Å²) >= 11 is 0. The molecule has 270 valence electrons. The highest BCUT2D eigenvalue weighted by atomic mass is 32.2. The van der Waals surface area contributed by atoms with E-state index in [0.29, 0.717) is 45.4 Å². The topological polar surface area (TPSA) is 197 Å². The maximum Gasteiger partial charge on any atom is 0.405 e. The van der Waals surface area contributed by atoms with E-state index in [0.717, 1.165) is 17.0 Å². The molecule has 18 heteroatoms. The molecule has 0 unspecified atom stereocenters. The largest absolute Gasteiger partial charge is 0.471 e. The van der Waals surface area contributed by atoms with Gasteiger partial charge in [-0.2, -0.15) is 8.78 Å². The van der Waals surface area contributed by atoms with Gasteiger partial charge in [0.2, 0.25) is 27.7 Å². The van der Waals surface area contributed by atoms with Gasteiger partial charge in [0.05, 0.1) is 22.8 Å². The Morgan fingerprint density at radius 2 is 1.88 bits per heavy atom. The molecule has 4 N–H and O–H groups in total. The van der Waals surface area contributed by atoms with Crippen molar-refractivity contribution in [2.24, 2.45) is 5.92 Å². The summed E-state index contributed by atoms with van der Waals surface area (Å²) in [5.41, 5.74) is -2.61. The first kappa shape index (κ1) is 35.3. The van der Waals surface area contributed by atoms with E-state index in [-0.39, 0.29) is 36.8 Å². The highest BCUT2D eigenvalue weighted by molar-refractivity contribution is 7.91. The van der Waals surface area contributed by atoms with Gasteiger partial charge in [-0.3, -0.25) is 19.1 Å². The van der Waals surface area contributed by atoms with E-state index in [1.54, 1.807) is 6.08 Å². The van der Waals surface area contributed by atoms with Crippen LogP contribution in [-0.2, 0) is 30.3 Å². The second kappa shape index (κ2) is 13.3. The van der Waals surface area contributed by atoms with Crippen molar-refractivity contribution in [3.8, 4) is 5.88 Å². The van der Waals surface area contributed by atoms with Gasteiger partial charge < -0.3 is 25.4 Å². The van der Waals surface area contributed by atoms with Crippen LogP contribution in [0.2, 0.25) is 0 Å². The summed E-state index contributed by atoms with van der Waals surface area (Å²) < 4.78 is 76.9. The van der Waals surface area contributed by atoms with Gasteiger partial charge in [-0.25, -0.2) is 27.6 Å². The standard InChI is InChI=1S/C32H37F3N6O8S/c1-31(34,35)25-27(37-23-13-18(33)9-12-21(23)36-25)49-19-14-24-26(42)39-32(29(44)40-50(47,48)20-10-11-20)15-17(32)7-5-3-2-4-6-8-22(38-30(45)46)28(43)41(24)16-19/h5,7,9,12-13,17,19-20,22,24,38H,2-4,6,8,10-11,14-16H2,1H3,(H,39,42)(H,40,44)(H,45,46)/b7-5-/t17-,19-,22+,24+,32-/m1/s1. The number of amides is 4. The molecule has 4 aliphatic rings. The van der Waals surface area contributed by atoms with E-state index in [9.17, 15) is 45.9 Å². The van der Waals surface area contributed by atoms with Gasteiger partial charge in [0.25, 0.3) is 11.8 Å². The van der Waals surface area contributed by atoms with Crippen molar-refractivity contribution in [3.05, 3.63) is 41.9 Å². The maximum absolute atomic E-state index is 14.8. The molecule has 1 aromatic heterocycles. The second-order valence-corrected chi connectivity index (χ2v) is 15.4. The van der Waals surface area contributed by atoms with Crippen LogP contribution in [0.5, 0.6) is 5.88 Å². The van der Waals surface area contributed by atoms with E-state index in [2.05, 4.69) is 25.3 Å². The van der Waals surface area contributed by atoms with Crippen molar-refractivity contribution in [3.63, 3.8) is 0 Å². The number of benzene rings is 1. The number of rotatable bonds is 7. The number of alkyl halides is 2. The maximum atomic E-state index is 14.8. The molecule has 2 aliphatic carbocycles. The van der Waals surface area contributed by atoms with Crippen LogP contribution >= 0.6 is 0 Å². The molecule has 0 bridgehead atoms. The van der Waals surface area contributed by atoms with Crippen molar-refractivity contribution in [1.29, 1.82) is 0 Å². The Morgan fingerprint density at radius 1 is 1.12 bits per heavy atom. The number of halogens is 3. The molecule has 1 aromatic carbocycles. The number of allylic oxidation sites excluding steroid dienone is 1. The summed E-state index contributed by atoms with van der Waals surface area (Å²) in [6.45, 7) is 0.205. The molecule has 0 spiro atoms. The van der Waals surface area contributed by atoms with Crippen LogP contribution in [0.1, 0.15) is 70.4 Å². The number of hydrogen-bond acceptors (Lipinski definition) is 9. The van der Waals surface area contributed by atoms with E-state index in [1.165, 1.54) is 6.07 Å². The van der Waals surface area contributed by atoms with Crippen LogP contribution in [0.4, 0.5) is 18.0 Å². The lowest BCUT2D eigenvalue weighted by molar-refractivity contribution is -0.141. The zero-order chi connectivity index (χ0) is 36.0. The summed E-state index contributed by atoms with van der Waals surface area (Å²) in [6.07, 6.45) is 4.02. The summed E-state index contributed by atoms with van der Waals surface area (Å²) in [6, 6.07) is 0.554. The molecule has 2 aromatic rings. The third-order valence-corrected chi connectivity index (χ3v) is 11.2. The van der Waals surface area contributed by atoms with Gasteiger partial charge >= 0.3 is 6.09 Å². The number of ether oxygens (including phenoxy) is 1. The highest BCUT2D eigenvalue weighted by Crippen LogP contribution is 2.46. The first-order valence-corrected chi connectivity index (χ1v) is 18.0. The van der Waals surface area contributed by atoms with E-state index >= 15 is 0 Å². The van der Waals surface area contributed by atoms with Gasteiger partial charge in [0, 0.05) is 25.3 Å². The quantitative estimate of drug-likeness (QED) is 0.309. The normalized spacial score (nSPS) is 28.4. The predicted octanol–water partition coefficient (Wildman–Crippen LogP) is 2.87. The fraction of sp³-hybridized carbons (Fsp3) is 0.562. The Bertz CT molecular complexity index is 1850. The van der Waals surface area contributed by atoms with Crippen LogP contribution in [-0.4, -0.2) is 87.7 Å². The minimum atomic E-state index is -3.97. The van der Waals surface area contributed by atoms with Gasteiger partial charge in [-0.05, 0) is 50.7 Å². The number of carbonyl (C=O) groups excluding carboxylic acids is 3. The van der Waals surface area contributed by atoms with Crippen LogP contribution in [0, 0.1) is 11.7 Å². The number of aromatic nitrogens is 2. The zero-order valence-electron chi connectivity index (χ0n) is 27.0. The summed E-state index contributed by atoms with van der Waals surface area (Å²) in [5, 5.41) is 13.7. The minimum Gasteiger partial charge on any atom is -0.471 e. The lowest BCUT2D eigenvalue weighted by Gasteiger charge is -2.29. The third kappa shape index (κ3) is 7.49. The molecule has 14 nitrogen and oxygen atoms in total. The monoisotopic (exact) mass is 722 g/mol. The lowest BCUT2D eigenvalue weighted by Crippen LogP contribution is -2.58. The molecule has 3 fully saturated rings. The molecule has 50 heavy (non-hydrogen) atoms. The Labute approximate surface area is 285 Å². The van der Waals surface area contributed by atoms with Crippen molar-refractivity contribution in [1.82, 2.24) is 30.2 Å². The molecular weight excluding hydrogens is 685 g/mol. The van der Waals surface area contributed by atoms with Crippen molar-refractivity contribution in [2.45, 2.75) is 99.6 Å². The molecule has 1 saturated heterocycles. The Morgan fingerprint density at radius 3 is 2.58 bits per heavy atom. The van der Waals surface area contributed by atoms with Crippen LogP contribution in [0.3, 0.4) is 0 Å². The van der Waals surface area contributed by atoms with Gasteiger partial charge in [0.1, 0.15) is 29.5 Å². The Balaban J connectivity index is 1.33. The van der Waals surface area contributed by atoms with E-state index in [1.807, 2.05) is 6.08 Å². The number of hydrogen-bond donors (Lipinski definition) is 4. The van der Waals surface area contributed by atoms with Gasteiger partial charge in [-0.1, -0.05) is 25.0 Å². The summed E-state index contributed by atoms with van der Waals surface area (Å²) in [5.74, 6) is -8.00. The average molecular weight is 723 g/mol. The zero-order valence-corrected chi connectivity index (χ0v) is 27.8. The number of carboxylic acid groups (broad SMARTS) is 1. The SMILES string of the molecule is CC(F)(F)c1nc2ccc(F)cc2nc1O[C@@H]1C[C@H]2C(=O)N[C@]3(C(=O)NS(=O)(=O)C4CC4)C[C@H]3/C=C\CCCCC[C@H](NC(=O)O)C(=O)N2C1. The number of nitrogens with zero attached hydrogens (tertiary/aromatic N) is 3. The predicted molar refractivity (Wildman–Crippen MR) is 170 cm³/mol. The highest BCUT2D eigenvalue weighted by Gasteiger charge is 2.62. The molecule has 5 atom stereocenters. The van der Waals surface area contributed by atoms with Gasteiger partial charge in [-0.15, -0.1) is 0 Å². The number of sulfonamides is 1. The molecular formula is C32H37F3N6O8S. The molecule has 3 heterocycles. The second-order valence-electron chi connectivity index (χ2n) is 13.4. The average Bonchev–Trinajstić information content (AvgIpc) is 3.95. The van der Waals surface area contributed by atoms with Gasteiger partial charge in [0.15, 0.2) is 5.69 Å². The fourth-order valence-electron chi connectivity index (χ4n) is 6.53. The lowest BCUT2D eigenvalue weighted by atomic mass is 10.1. The molecule has 6 rings (SSSR count). The van der Waals surface area contributed by atoms with Crippen molar-refractivity contribution < 1.29 is 50.6 Å². The molecule has 2 aliphatic heterocycles. The number of carbonyl (C=O) groups is 4. The van der Waals surface area contributed by atoms with Crippen LogP contribution in [0.15, 0.2) is 30.4 Å². The van der Waals surface area contributed by atoms with Crippen LogP contribution in [0.25, 0.3) is 11.0 Å². The number of fused-ring (bicyclic) bond motifs is 3. The van der Waals surface area contributed by atoms with E-state index in [4.69, 9.17) is 4.74 Å². The summed E-state index contributed by atoms with van der Waals surface area (Å²) in [7, 11) is -3.97. The first-order valence-electron chi connectivity index (χ1n) is 16.4. The third-order valence-electron chi connectivity index (χ3n) is 9.43. The van der Waals surface area contributed by atoms with Crippen molar-refractivity contribution >= 4 is 44.9 Å². The van der Waals surface area contributed by atoms with Crippen LogP contribution < -0.4 is 20.1 Å². The Kier molecular flexibility index (Phi) is 9.43. The number of nitrogens with one attached hydrogen (secondary N) is 3.